The Labute approximate surface area is 144 Å². The normalized spacial score (nSPS) is 11.0. The summed E-state index contributed by atoms with van der Waals surface area (Å²) in [4.78, 5) is 17.0. The highest BCUT2D eigenvalue weighted by atomic mass is 16.3. The van der Waals surface area contributed by atoms with Crippen molar-refractivity contribution >= 4 is 17.2 Å². The molecule has 0 spiro atoms. The number of carbonyl (C=O) groups is 1. The number of furan rings is 1. The summed E-state index contributed by atoms with van der Waals surface area (Å²) in [5.41, 5.74) is 4.26. The molecule has 1 N–H and O–H groups in total. The van der Waals surface area contributed by atoms with Crippen LogP contribution >= 0.6 is 0 Å². The molecular weight excluding hydrogens is 316 g/mol. The van der Waals surface area contributed by atoms with Crippen LogP contribution in [0.5, 0.6) is 0 Å². The zero-order valence-electron chi connectivity index (χ0n) is 13.9. The van der Waals surface area contributed by atoms with Gasteiger partial charge in [0.15, 0.2) is 11.4 Å². The highest BCUT2D eigenvalue weighted by Gasteiger charge is 2.14. The van der Waals surface area contributed by atoms with Gasteiger partial charge in [-0.1, -0.05) is 12.1 Å². The second-order valence-corrected chi connectivity index (χ2v) is 5.88. The van der Waals surface area contributed by atoms with Gasteiger partial charge >= 0.3 is 0 Å². The highest BCUT2D eigenvalue weighted by Crippen LogP contribution is 2.21. The van der Waals surface area contributed by atoms with Crippen molar-refractivity contribution in [1.82, 2.24) is 14.6 Å². The highest BCUT2D eigenvalue weighted by molar-refractivity contribution is 6.03. The summed E-state index contributed by atoms with van der Waals surface area (Å²) in [7, 11) is 0. The molecule has 0 saturated heterocycles. The van der Waals surface area contributed by atoms with Crippen molar-refractivity contribution in [3.8, 4) is 11.5 Å². The van der Waals surface area contributed by atoms with Gasteiger partial charge in [-0.3, -0.25) is 4.79 Å². The van der Waals surface area contributed by atoms with E-state index in [0.717, 1.165) is 16.9 Å². The van der Waals surface area contributed by atoms with E-state index in [1.165, 1.54) is 0 Å². The average molecular weight is 332 g/mol. The number of carbonyl (C=O) groups excluding carboxylic acids is 1. The monoisotopic (exact) mass is 332 g/mol. The summed E-state index contributed by atoms with van der Waals surface area (Å²) >= 11 is 0. The number of rotatable bonds is 3. The molecule has 0 aliphatic heterocycles. The fraction of sp³-hybridized carbons (Fsp3) is 0.105. The predicted molar refractivity (Wildman–Crippen MR) is 94.6 cm³/mol. The predicted octanol–water partition coefficient (Wildman–Crippen LogP) is 3.86. The van der Waals surface area contributed by atoms with E-state index in [-0.39, 0.29) is 5.91 Å². The number of aryl methyl sites for hydroxylation is 2. The van der Waals surface area contributed by atoms with Crippen molar-refractivity contribution in [2.75, 3.05) is 5.32 Å². The van der Waals surface area contributed by atoms with Crippen LogP contribution in [0.4, 0.5) is 5.69 Å². The van der Waals surface area contributed by atoms with Crippen LogP contribution in [0, 0.1) is 13.8 Å². The third-order valence-electron chi connectivity index (χ3n) is 3.89. The molecule has 25 heavy (non-hydrogen) atoms. The maximum Gasteiger partial charge on any atom is 0.274 e. The summed E-state index contributed by atoms with van der Waals surface area (Å²) < 4.78 is 7.07. The Morgan fingerprint density at radius 1 is 1.12 bits per heavy atom. The smallest absolute Gasteiger partial charge is 0.274 e. The van der Waals surface area contributed by atoms with Gasteiger partial charge in [-0.2, -0.15) is 5.10 Å². The molecule has 1 amide bonds. The number of anilines is 1. The lowest BCUT2D eigenvalue weighted by molar-refractivity contribution is 0.102. The van der Waals surface area contributed by atoms with Gasteiger partial charge in [0.25, 0.3) is 5.91 Å². The van der Waals surface area contributed by atoms with Gasteiger partial charge in [-0.15, -0.1) is 0 Å². The minimum Gasteiger partial charge on any atom is -0.463 e. The lowest BCUT2D eigenvalue weighted by Crippen LogP contribution is -2.15. The molecule has 4 aromatic rings. The molecule has 0 saturated carbocycles. The van der Waals surface area contributed by atoms with Gasteiger partial charge in [0.2, 0.25) is 0 Å². The lowest BCUT2D eigenvalue weighted by Gasteiger charge is -2.07. The van der Waals surface area contributed by atoms with Crippen LogP contribution in [0.25, 0.3) is 17.1 Å². The standard InChI is InChI=1S/C19H16N4O2/c1-12-5-3-6-14(9-12)20-19(24)16-10-13(2)23-18(21-16)11-15(22-23)17-7-4-8-25-17/h3-11H,1-2H3,(H,20,24). The number of hydrogen-bond acceptors (Lipinski definition) is 4. The molecule has 0 unspecified atom stereocenters. The molecule has 0 aliphatic rings. The van der Waals surface area contributed by atoms with Crippen molar-refractivity contribution in [1.29, 1.82) is 0 Å². The van der Waals surface area contributed by atoms with Crippen LogP contribution in [0.2, 0.25) is 0 Å². The van der Waals surface area contributed by atoms with Crippen molar-refractivity contribution in [2.45, 2.75) is 13.8 Å². The summed E-state index contributed by atoms with van der Waals surface area (Å²) in [6.45, 7) is 3.86. The van der Waals surface area contributed by atoms with E-state index in [0.29, 0.717) is 22.8 Å². The van der Waals surface area contributed by atoms with E-state index in [2.05, 4.69) is 15.4 Å². The van der Waals surface area contributed by atoms with Crippen LogP contribution in [-0.2, 0) is 0 Å². The van der Waals surface area contributed by atoms with E-state index in [9.17, 15) is 4.79 Å². The molecule has 1 aromatic carbocycles. The Kier molecular flexibility index (Phi) is 3.57. The van der Waals surface area contributed by atoms with E-state index < -0.39 is 0 Å². The van der Waals surface area contributed by atoms with E-state index >= 15 is 0 Å². The SMILES string of the molecule is Cc1cccc(NC(=O)c2cc(C)n3nc(-c4ccco4)cc3n2)c1. The largest absolute Gasteiger partial charge is 0.463 e. The maximum atomic E-state index is 12.5. The molecule has 0 atom stereocenters. The van der Waals surface area contributed by atoms with Crippen molar-refractivity contribution in [3.63, 3.8) is 0 Å². The fourth-order valence-electron chi connectivity index (χ4n) is 2.70. The van der Waals surface area contributed by atoms with Crippen LogP contribution < -0.4 is 5.32 Å². The molecule has 124 valence electrons. The van der Waals surface area contributed by atoms with Crippen molar-refractivity contribution in [2.24, 2.45) is 0 Å². The number of benzene rings is 1. The van der Waals surface area contributed by atoms with Gasteiger partial charge in [0, 0.05) is 17.4 Å². The topological polar surface area (TPSA) is 72.4 Å². The van der Waals surface area contributed by atoms with Gasteiger partial charge in [0.05, 0.1) is 6.26 Å². The number of hydrogen-bond donors (Lipinski definition) is 1. The summed E-state index contributed by atoms with van der Waals surface area (Å²) in [6, 6.07) is 14.8. The second kappa shape index (κ2) is 5.90. The van der Waals surface area contributed by atoms with E-state index in [4.69, 9.17) is 4.42 Å². The van der Waals surface area contributed by atoms with Crippen LogP contribution in [-0.4, -0.2) is 20.5 Å². The average Bonchev–Trinajstić information content (AvgIpc) is 3.24. The van der Waals surface area contributed by atoms with Gasteiger partial charge in [-0.05, 0) is 49.7 Å². The lowest BCUT2D eigenvalue weighted by atomic mass is 10.2. The molecular formula is C19H16N4O2. The third kappa shape index (κ3) is 2.89. The van der Waals surface area contributed by atoms with E-state index in [1.807, 2.05) is 44.2 Å². The molecule has 3 aromatic heterocycles. The van der Waals surface area contributed by atoms with Gasteiger partial charge in [0.1, 0.15) is 11.4 Å². The molecule has 0 radical (unpaired) electrons. The van der Waals surface area contributed by atoms with Crippen LogP contribution in [0.3, 0.4) is 0 Å². The van der Waals surface area contributed by atoms with Crippen molar-refractivity contribution < 1.29 is 9.21 Å². The zero-order chi connectivity index (χ0) is 17.4. The first kappa shape index (κ1) is 15.1. The first-order valence-corrected chi connectivity index (χ1v) is 7.89. The quantitative estimate of drug-likeness (QED) is 0.618. The number of nitrogens with one attached hydrogen (secondary N) is 1. The Morgan fingerprint density at radius 3 is 2.76 bits per heavy atom. The zero-order valence-corrected chi connectivity index (χ0v) is 13.9. The Hall–Kier alpha value is -3.41. The third-order valence-corrected chi connectivity index (χ3v) is 3.89. The van der Waals surface area contributed by atoms with Crippen LogP contribution in [0.15, 0.2) is 59.2 Å². The minimum absolute atomic E-state index is 0.253. The molecule has 6 nitrogen and oxygen atoms in total. The molecule has 0 fully saturated rings. The molecule has 0 bridgehead atoms. The summed E-state index contributed by atoms with van der Waals surface area (Å²) in [5.74, 6) is 0.410. The molecule has 3 heterocycles. The molecule has 4 rings (SSSR count). The first-order valence-electron chi connectivity index (χ1n) is 7.89. The first-order chi connectivity index (χ1) is 12.1. The van der Waals surface area contributed by atoms with Gasteiger partial charge in [-0.25, -0.2) is 9.50 Å². The number of aromatic nitrogens is 3. The minimum atomic E-state index is -0.253. The van der Waals surface area contributed by atoms with Gasteiger partial charge < -0.3 is 9.73 Å². The van der Waals surface area contributed by atoms with Crippen molar-refractivity contribution in [3.05, 3.63) is 71.7 Å². The summed E-state index contributed by atoms with van der Waals surface area (Å²) in [6.07, 6.45) is 1.60. The number of nitrogens with zero attached hydrogens (tertiary/aromatic N) is 3. The number of amides is 1. The molecule has 6 heteroatoms. The Bertz CT molecular complexity index is 1060. The fourth-order valence-corrected chi connectivity index (χ4v) is 2.70. The van der Waals surface area contributed by atoms with E-state index in [1.54, 1.807) is 29.0 Å². The van der Waals surface area contributed by atoms with Crippen LogP contribution in [0.1, 0.15) is 21.7 Å². The Morgan fingerprint density at radius 2 is 2.00 bits per heavy atom. The Balaban J connectivity index is 1.69. The second-order valence-electron chi connectivity index (χ2n) is 5.88. The molecule has 0 aliphatic carbocycles. The summed E-state index contributed by atoms with van der Waals surface area (Å²) in [5, 5.41) is 7.36. The number of fused-ring (bicyclic) bond motifs is 1. The maximum absolute atomic E-state index is 12.5.